The monoisotopic (exact) mass is 553 g/mol. The number of allylic oxidation sites excluding steroid dienone is 3. The van der Waals surface area contributed by atoms with Gasteiger partial charge in [0, 0.05) is 29.1 Å². The second-order valence-corrected chi connectivity index (χ2v) is 12.2. The molecule has 0 saturated heterocycles. The number of benzene rings is 3. The zero-order valence-corrected chi connectivity index (χ0v) is 26.2. The summed E-state index contributed by atoms with van der Waals surface area (Å²) in [5.41, 5.74) is 13.9. The van der Waals surface area contributed by atoms with Crippen molar-refractivity contribution in [3.63, 3.8) is 0 Å². The fraction of sp³-hybridized carbons (Fsp3) is 0.231. The number of nitrogens with zero attached hydrogens (tertiary/aromatic N) is 3. The Hall–Kier alpha value is -4.50. The second kappa shape index (κ2) is 11.4. The van der Waals surface area contributed by atoms with Crippen LogP contribution in [0, 0.1) is 0 Å². The van der Waals surface area contributed by atoms with Crippen LogP contribution >= 0.6 is 0 Å². The molecule has 3 aromatic carbocycles. The summed E-state index contributed by atoms with van der Waals surface area (Å²) in [4.78, 5) is 2.41. The van der Waals surface area contributed by atoms with Gasteiger partial charge >= 0.3 is 0 Å². The molecule has 0 saturated carbocycles. The number of para-hydroxylation sites is 1. The van der Waals surface area contributed by atoms with E-state index >= 15 is 0 Å². The summed E-state index contributed by atoms with van der Waals surface area (Å²) in [6, 6.07) is 28.7. The van der Waals surface area contributed by atoms with Crippen molar-refractivity contribution in [1.29, 1.82) is 0 Å². The lowest BCUT2D eigenvalue weighted by Gasteiger charge is -2.31. The highest BCUT2D eigenvalue weighted by Gasteiger charge is 2.32. The Kier molecular flexibility index (Phi) is 7.88. The Morgan fingerprint density at radius 3 is 2.29 bits per heavy atom. The van der Waals surface area contributed by atoms with E-state index in [9.17, 15) is 0 Å². The van der Waals surface area contributed by atoms with E-state index in [1.807, 2.05) is 6.20 Å². The molecule has 1 aliphatic heterocycles. The van der Waals surface area contributed by atoms with Crippen molar-refractivity contribution in [2.24, 2.45) is 7.05 Å². The van der Waals surface area contributed by atoms with Crippen molar-refractivity contribution < 1.29 is 9.14 Å². The summed E-state index contributed by atoms with van der Waals surface area (Å²) in [7, 11) is 2.11. The van der Waals surface area contributed by atoms with Crippen molar-refractivity contribution >= 4 is 23.3 Å². The average molecular weight is 554 g/mol. The topological polar surface area (TPSA) is 10.1 Å². The number of hydrogen-bond acceptors (Lipinski definition) is 1. The van der Waals surface area contributed by atoms with Crippen LogP contribution in [0.5, 0.6) is 0 Å². The lowest BCUT2D eigenvalue weighted by molar-refractivity contribution is -0.660. The first kappa shape index (κ1) is 29.0. The molecule has 0 amide bonds. The van der Waals surface area contributed by atoms with E-state index in [0.29, 0.717) is 0 Å². The normalized spacial score (nSPS) is 13.8. The molecule has 0 spiro atoms. The predicted octanol–water partition coefficient (Wildman–Crippen LogP) is 9.57. The number of aryl methyl sites for hydroxylation is 2. The molecular weight excluding hydrogens is 510 g/mol. The van der Waals surface area contributed by atoms with Crippen LogP contribution in [-0.4, -0.2) is 10.8 Å². The molecule has 0 radical (unpaired) electrons. The molecule has 212 valence electrons. The van der Waals surface area contributed by atoms with Gasteiger partial charge in [0.1, 0.15) is 18.3 Å². The van der Waals surface area contributed by atoms with Crippen molar-refractivity contribution in [1.82, 2.24) is 0 Å². The smallest absolute Gasteiger partial charge is 0.248 e. The Morgan fingerprint density at radius 2 is 1.62 bits per heavy atom. The lowest BCUT2D eigenvalue weighted by atomic mass is 9.85. The molecule has 1 aliphatic rings. The molecule has 0 bridgehead atoms. The maximum atomic E-state index is 4.48. The van der Waals surface area contributed by atoms with Gasteiger partial charge in [-0.05, 0) is 84.4 Å². The predicted molar refractivity (Wildman–Crippen MR) is 179 cm³/mol. The van der Waals surface area contributed by atoms with Crippen LogP contribution in [-0.2, 0) is 18.9 Å². The van der Waals surface area contributed by atoms with E-state index in [4.69, 9.17) is 0 Å². The van der Waals surface area contributed by atoms with Crippen molar-refractivity contribution in [3.05, 3.63) is 132 Å². The SMILES string of the molecule is C=C[N+]1=CC(=C)C(C)=C(C)N(c2cc(CC)cc(C(C)(C)C)c2)c2cccc(-c3cc(-c4ccccc4)cc[n+]3C)c21. The molecule has 3 nitrogen and oxygen atoms in total. The van der Waals surface area contributed by atoms with Gasteiger partial charge in [-0.3, -0.25) is 0 Å². The van der Waals surface area contributed by atoms with Crippen molar-refractivity contribution in [3.8, 4) is 22.4 Å². The molecule has 42 heavy (non-hydrogen) atoms. The minimum absolute atomic E-state index is 0.0240. The maximum absolute atomic E-state index is 4.48. The Bertz CT molecular complexity index is 1750. The third-order valence-electron chi connectivity index (χ3n) is 8.41. The molecule has 4 aromatic rings. The molecule has 0 N–H and O–H groups in total. The van der Waals surface area contributed by atoms with Crippen LogP contribution in [0.25, 0.3) is 22.4 Å². The van der Waals surface area contributed by atoms with Gasteiger partial charge < -0.3 is 4.90 Å². The van der Waals surface area contributed by atoms with Gasteiger partial charge in [-0.15, -0.1) is 0 Å². The standard InChI is InChI=1S/C39H43N3/c1-10-30-22-33(39(6,7)8)25-34(23-30)42-29(5)28(4)27(3)26-41(11-2)38-35(18-15-19-36(38)42)37-24-32(20-21-40(37)9)31-16-13-12-14-17-31/h11-26H,2-3,10H2,1,4-9H3/q+2. The van der Waals surface area contributed by atoms with Gasteiger partial charge in [-0.1, -0.05) is 76.7 Å². The van der Waals surface area contributed by atoms with E-state index in [1.165, 1.54) is 22.3 Å². The summed E-state index contributed by atoms with van der Waals surface area (Å²) in [5, 5.41) is 0. The van der Waals surface area contributed by atoms with Crippen molar-refractivity contribution in [2.45, 2.75) is 53.4 Å². The third kappa shape index (κ3) is 5.39. The molecule has 2 heterocycles. The summed E-state index contributed by atoms with van der Waals surface area (Å²) in [5.74, 6) is 0. The Morgan fingerprint density at radius 1 is 0.881 bits per heavy atom. The van der Waals surface area contributed by atoms with E-state index < -0.39 is 0 Å². The van der Waals surface area contributed by atoms with Gasteiger partial charge in [0.25, 0.3) is 0 Å². The summed E-state index contributed by atoms with van der Waals surface area (Å²) in [6.45, 7) is 22.2. The fourth-order valence-corrected chi connectivity index (χ4v) is 5.66. The van der Waals surface area contributed by atoms with Gasteiger partial charge in [-0.2, -0.15) is 4.58 Å². The number of anilines is 2. The van der Waals surface area contributed by atoms with E-state index in [0.717, 1.165) is 51.6 Å². The van der Waals surface area contributed by atoms with Crippen LogP contribution in [0.1, 0.15) is 52.7 Å². The molecule has 3 heteroatoms. The van der Waals surface area contributed by atoms with Gasteiger partial charge in [0.05, 0.1) is 0 Å². The third-order valence-corrected chi connectivity index (χ3v) is 8.41. The van der Waals surface area contributed by atoms with Crippen LogP contribution in [0.4, 0.5) is 17.1 Å². The summed E-state index contributed by atoms with van der Waals surface area (Å²) >= 11 is 0. The highest BCUT2D eigenvalue weighted by molar-refractivity contribution is 5.91. The molecule has 1 aromatic heterocycles. The lowest BCUT2D eigenvalue weighted by Crippen LogP contribution is -2.31. The van der Waals surface area contributed by atoms with Crippen LogP contribution < -0.4 is 9.47 Å². The van der Waals surface area contributed by atoms with Crippen LogP contribution in [0.3, 0.4) is 0 Å². The molecule has 5 rings (SSSR count). The number of pyridine rings is 1. The maximum Gasteiger partial charge on any atom is 0.248 e. The van der Waals surface area contributed by atoms with Gasteiger partial charge in [-0.25, -0.2) is 4.57 Å². The van der Waals surface area contributed by atoms with Gasteiger partial charge in [0.2, 0.25) is 11.4 Å². The van der Waals surface area contributed by atoms with Crippen molar-refractivity contribution in [2.75, 3.05) is 4.90 Å². The quantitative estimate of drug-likeness (QED) is 0.224. The summed E-state index contributed by atoms with van der Waals surface area (Å²) in [6.07, 6.45) is 7.12. The van der Waals surface area contributed by atoms with Crippen LogP contribution in [0.15, 0.2) is 121 Å². The molecule has 0 atom stereocenters. The minimum Gasteiger partial charge on any atom is -0.308 e. The number of rotatable bonds is 5. The Labute approximate surface area is 252 Å². The molecule has 0 fully saturated rings. The summed E-state index contributed by atoms with van der Waals surface area (Å²) < 4.78 is 4.34. The highest BCUT2D eigenvalue weighted by Crippen LogP contribution is 2.45. The molecular formula is C39H43N3+2. The first-order valence-electron chi connectivity index (χ1n) is 14.8. The largest absolute Gasteiger partial charge is 0.308 e. The fourth-order valence-electron chi connectivity index (χ4n) is 5.66. The average Bonchev–Trinajstić information content (AvgIpc) is 2.99. The first-order valence-corrected chi connectivity index (χ1v) is 14.8. The van der Waals surface area contributed by atoms with Crippen LogP contribution in [0.2, 0.25) is 0 Å². The second-order valence-electron chi connectivity index (χ2n) is 12.2. The van der Waals surface area contributed by atoms with Gasteiger partial charge in [0.15, 0.2) is 18.6 Å². The molecule has 0 aliphatic carbocycles. The molecule has 0 unspecified atom stereocenters. The number of fused-ring (bicyclic) bond motifs is 1. The Balaban J connectivity index is 1.85. The van der Waals surface area contributed by atoms with E-state index in [1.54, 1.807) is 0 Å². The van der Waals surface area contributed by atoms with E-state index in [-0.39, 0.29) is 5.41 Å². The highest BCUT2D eigenvalue weighted by atomic mass is 15.2. The van der Waals surface area contributed by atoms with E-state index in [2.05, 4.69) is 167 Å². The zero-order chi connectivity index (χ0) is 30.2. The zero-order valence-electron chi connectivity index (χ0n) is 26.2. The first-order chi connectivity index (χ1) is 20.0. The number of aromatic nitrogens is 1. The number of hydrogen-bond donors (Lipinski definition) is 0. The minimum atomic E-state index is 0.0240.